The lowest BCUT2D eigenvalue weighted by Crippen LogP contribution is -2.50. The van der Waals surface area contributed by atoms with Gasteiger partial charge in [-0.15, -0.1) is 0 Å². The largest absolute Gasteiger partial charge is 0.409 e. The summed E-state index contributed by atoms with van der Waals surface area (Å²) in [6, 6.07) is 2.15. The van der Waals surface area contributed by atoms with Crippen molar-refractivity contribution in [3.8, 4) is 0 Å². The number of ether oxygens (including phenoxy) is 1. The summed E-state index contributed by atoms with van der Waals surface area (Å²) in [6.45, 7) is 1.95. The maximum atomic E-state index is 15.0. The molecule has 0 aliphatic carbocycles. The molecule has 2 atom stereocenters. The van der Waals surface area contributed by atoms with Crippen LogP contribution in [0.4, 0.5) is 29.3 Å². The van der Waals surface area contributed by atoms with E-state index in [2.05, 4.69) is 9.97 Å². The van der Waals surface area contributed by atoms with Gasteiger partial charge in [0.05, 0.1) is 25.8 Å². The van der Waals surface area contributed by atoms with Gasteiger partial charge in [-0.3, -0.25) is 19.1 Å². The quantitative estimate of drug-likeness (QED) is 0.517. The van der Waals surface area contributed by atoms with Crippen LogP contribution in [0.1, 0.15) is 29.9 Å². The van der Waals surface area contributed by atoms with Crippen LogP contribution in [0.3, 0.4) is 0 Å². The molecule has 1 fully saturated rings. The van der Waals surface area contributed by atoms with E-state index >= 15 is 4.39 Å². The summed E-state index contributed by atoms with van der Waals surface area (Å²) in [5.41, 5.74) is -1.29. The van der Waals surface area contributed by atoms with Crippen molar-refractivity contribution in [2.45, 2.75) is 31.6 Å². The summed E-state index contributed by atoms with van der Waals surface area (Å²) in [4.78, 5) is 36.3. The van der Waals surface area contributed by atoms with Crippen molar-refractivity contribution in [2.75, 3.05) is 42.6 Å². The van der Waals surface area contributed by atoms with E-state index in [-0.39, 0.29) is 56.4 Å². The van der Waals surface area contributed by atoms with Crippen molar-refractivity contribution >= 4 is 17.5 Å². The summed E-state index contributed by atoms with van der Waals surface area (Å²) in [5, 5.41) is 0. The van der Waals surface area contributed by atoms with Gasteiger partial charge in [-0.2, -0.15) is 22.5 Å². The predicted octanol–water partition coefficient (Wildman–Crippen LogP) is 2.20. The summed E-state index contributed by atoms with van der Waals surface area (Å²) in [5.74, 6) is -2.53. The second kappa shape index (κ2) is 8.49. The Morgan fingerprint density at radius 1 is 1.28 bits per heavy atom. The third-order valence-corrected chi connectivity index (χ3v) is 5.59. The Kier molecular flexibility index (Phi) is 5.89. The molecule has 0 amide bonds. The second-order valence-corrected chi connectivity index (χ2v) is 7.75. The number of Topliss-reactive ketones (excluding diaryl/α,β-unsaturated/α-hetero) is 1. The maximum absolute atomic E-state index is 15.0. The lowest BCUT2D eigenvalue weighted by molar-refractivity contribution is -0.171. The predicted molar refractivity (Wildman–Crippen MR) is 107 cm³/mol. The molecule has 12 heteroatoms. The number of halogens is 4. The number of hydrogen-bond donors (Lipinski definition) is 0. The van der Waals surface area contributed by atoms with Gasteiger partial charge in [0.15, 0.2) is 11.6 Å². The number of morpholine rings is 1. The molecule has 0 radical (unpaired) electrons. The van der Waals surface area contributed by atoms with Gasteiger partial charge in [0, 0.05) is 19.3 Å². The molecule has 0 unspecified atom stereocenters. The SMILES string of the molecule is C[C@@H]1COCCN1c1nc2n(c(=O)c1F)[C@@H](C(F)(F)F)CCN2CC(=O)c1ccccn1. The third-order valence-electron chi connectivity index (χ3n) is 5.59. The van der Waals surface area contributed by atoms with Gasteiger partial charge >= 0.3 is 6.18 Å². The van der Waals surface area contributed by atoms with Crippen molar-refractivity contribution in [3.63, 3.8) is 0 Å². The first-order chi connectivity index (χ1) is 15.2. The van der Waals surface area contributed by atoms with E-state index in [9.17, 15) is 22.8 Å². The zero-order valence-corrected chi connectivity index (χ0v) is 17.2. The summed E-state index contributed by atoms with van der Waals surface area (Å²) >= 11 is 0. The van der Waals surface area contributed by atoms with E-state index in [0.717, 1.165) is 0 Å². The van der Waals surface area contributed by atoms with E-state index < -0.39 is 35.8 Å². The van der Waals surface area contributed by atoms with Crippen LogP contribution in [-0.4, -0.2) is 65.4 Å². The van der Waals surface area contributed by atoms with Crippen molar-refractivity contribution in [1.29, 1.82) is 0 Å². The van der Waals surface area contributed by atoms with Crippen LogP contribution in [0.5, 0.6) is 0 Å². The van der Waals surface area contributed by atoms with E-state index in [1.165, 1.54) is 22.1 Å². The van der Waals surface area contributed by atoms with Crippen LogP contribution in [0.2, 0.25) is 0 Å². The fourth-order valence-electron chi connectivity index (χ4n) is 3.98. The average Bonchev–Trinajstić information content (AvgIpc) is 2.76. The zero-order chi connectivity index (χ0) is 23.0. The third kappa shape index (κ3) is 4.06. The molecule has 172 valence electrons. The molecule has 0 N–H and O–H groups in total. The van der Waals surface area contributed by atoms with Crippen LogP contribution in [-0.2, 0) is 4.74 Å². The van der Waals surface area contributed by atoms with Gasteiger partial charge in [-0.25, -0.2) is 0 Å². The van der Waals surface area contributed by atoms with Crippen LogP contribution in [0.25, 0.3) is 0 Å². The molecule has 2 aromatic heterocycles. The summed E-state index contributed by atoms with van der Waals surface area (Å²) in [7, 11) is 0. The Hall–Kier alpha value is -3.02. The molecule has 2 aliphatic heterocycles. The Labute approximate surface area is 180 Å². The molecule has 8 nitrogen and oxygen atoms in total. The standard InChI is InChI=1S/C20H21F4N5O3/c1-12-11-32-9-8-28(12)17-16(21)18(31)29-15(20(22,23)24)5-7-27(19(29)26-17)10-14(30)13-4-2-3-6-25-13/h2-4,6,12,15H,5,7-11H2,1H3/t12-,15-/m1/s1. The Morgan fingerprint density at radius 3 is 2.72 bits per heavy atom. The number of rotatable bonds is 4. The van der Waals surface area contributed by atoms with Gasteiger partial charge in [0.25, 0.3) is 5.56 Å². The molecule has 1 saturated heterocycles. The number of pyridine rings is 1. The molecule has 0 spiro atoms. The zero-order valence-electron chi connectivity index (χ0n) is 17.2. The molecular weight excluding hydrogens is 434 g/mol. The van der Waals surface area contributed by atoms with Crippen LogP contribution >= 0.6 is 0 Å². The highest BCUT2D eigenvalue weighted by Crippen LogP contribution is 2.38. The van der Waals surface area contributed by atoms with Gasteiger partial charge in [0.1, 0.15) is 11.7 Å². The molecule has 4 heterocycles. The molecule has 0 saturated carbocycles. The highest BCUT2D eigenvalue weighted by atomic mass is 19.4. The fourth-order valence-corrected chi connectivity index (χ4v) is 3.98. The van der Waals surface area contributed by atoms with E-state index in [1.807, 2.05) is 0 Å². The normalized spacial score (nSPS) is 21.4. The first kappa shape index (κ1) is 22.2. The molecule has 0 bridgehead atoms. The van der Waals surface area contributed by atoms with Crippen molar-refractivity contribution in [2.24, 2.45) is 0 Å². The van der Waals surface area contributed by atoms with Gasteiger partial charge in [0.2, 0.25) is 11.8 Å². The number of anilines is 2. The molecule has 0 aromatic carbocycles. The maximum Gasteiger partial charge on any atom is 0.409 e. The van der Waals surface area contributed by atoms with Gasteiger partial charge in [-0.1, -0.05) is 6.07 Å². The first-order valence-corrected chi connectivity index (χ1v) is 10.1. The van der Waals surface area contributed by atoms with Gasteiger partial charge < -0.3 is 14.5 Å². The van der Waals surface area contributed by atoms with Crippen molar-refractivity contribution in [3.05, 3.63) is 46.3 Å². The highest BCUT2D eigenvalue weighted by molar-refractivity contribution is 5.97. The van der Waals surface area contributed by atoms with E-state index in [0.29, 0.717) is 4.57 Å². The minimum absolute atomic E-state index is 0.128. The number of hydrogen-bond acceptors (Lipinski definition) is 7. The topological polar surface area (TPSA) is 80.6 Å². The molecule has 32 heavy (non-hydrogen) atoms. The van der Waals surface area contributed by atoms with E-state index in [1.54, 1.807) is 19.1 Å². The number of fused-ring (bicyclic) bond motifs is 1. The van der Waals surface area contributed by atoms with Crippen LogP contribution in [0.15, 0.2) is 29.2 Å². The van der Waals surface area contributed by atoms with Crippen LogP contribution < -0.4 is 15.4 Å². The minimum atomic E-state index is -4.78. The summed E-state index contributed by atoms with van der Waals surface area (Å²) < 4.78 is 61.7. The number of nitrogens with zero attached hydrogens (tertiary/aromatic N) is 5. The minimum Gasteiger partial charge on any atom is -0.377 e. The molecule has 2 aliphatic rings. The smallest absolute Gasteiger partial charge is 0.377 e. The monoisotopic (exact) mass is 455 g/mol. The molecular formula is C20H21F4N5O3. The number of alkyl halides is 3. The number of carbonyl (C=O) groups is 1. The number of aromatic nitrogens is 3. The average molecular weight is 455 g/mol. The van der Waals surface area contributed by atoms with Gasteiger partial charge in [-0.05, 0) is 25.5 Å². The Balaban J connectivity index is 1.80. The summed E-state index contributed by atoms with van der Waals surface area (Å²) in [6.07, 6.45) is -3.87. The molecule has 2 aromatic rings. The molecule has 4 rings (SSSR count). The second-order valence-electron chi connectivity index (χ2n) is 7.75. The number of carbonyl (C=O) groups excluding carboxylic acids is 1. The fraction of sp³-hybridized carbons (Fsp3) is 0.500. The first-order valence-electron chi connectivity index (χ1n) is 10.1. The Morgan fingerprint density at radius 2 is 2.06 bits per heavy atom. The highest BCUT2D eigenvalue weighted by Gasteiger charge is 2.47. The number of ketones is 1. The Bertz CT molecular complexity index is 1060. The van der Waals surface area contributed by atoms with Crippen molar-refractivity contribution in [1.82, 2.24) is 14.5 Å². The van der Waals surface area contributed by atoms with Crippen LogP contribution in [0, 0.1) is 5.82 Å². The lowest BCUT2D eigenvalue weighted by Gasteiger charge is -2.38. The lowest BCUT2D eigenvalue weighted by atomic mass is 10.1. The van der Waals surface area contributed by atoms with Crippen molar-refractivity contribution < 1.29 is 27.1 Å². The van der Waals surface area contributed by atoms with E-state index in [4.69, 9.17) is 4.74 Å².